The van der Waals surface area contributed by atoms with Crippen molar-refractivity contribution in [3.8, 4) is 0 Å². The summed E-state index contributed by atoms with van der Waals surface area (Å²) < 4.78 is 34.2. The Bertz CT molecular complexity index is 1530. The molecule has 3 heterocycles. The Kier molecular flexibility index (Phi) is 9.29. The van der Waals surface area contributed by atoms with Crippen molar-refractivity contribution in [2.24, 2.45) is 34.5 Å². The molecular formula is C34H46O17. The number of carbonyl (C=O) groups excluding carboxylic acids is 4. The molecule has 5 fully saturated rings. The van der Waals surface area contributed by atoms with Crippen LogP contribution in [0.4, 0.5) is 0 Å². The zero-order valence-corrected chi connectivity index (χ0v) is 29.0. The second kappa shape index (κ2) is 12.6. The van der Waals surface area contributed by atoms with Gasteiger partial charge in [-0.1, -0.05) is 13.8 Å². The lowest BCUT2D eigenvalue weighted by molar-refractivity contribution is -0.296. The number of fused-ring (bicyclic) bond motifs is 2. The number of ketones is 1. The number of esters is 3. The van der Waals surface area contributed by atoms with E-state index in [1.54, 1.807) is 13.8 Å². The van der Waals surface area contributed by atoms with Gasteiger partial charge in [-0.25, -0.2) is 14.4 Å². The second-order valence-corrected chi connectivity index (χ2v) is 15.4. The number of methoxy groups -OCH3 is 1. The van der Waals surface area contributed by atoms with Gasteiger partial charge in [0.05, 0.1) is 37.9 Å². The third-order valence-corrected chi connectivity index (χ3v) is 12.5. The number of allylic oxidation sites excluding steroid dienone is 2. The molecule has 1 spiro atoms. The minimum Gasteiger partial charge on any atom is -0.467 e. The molecule has 0 aromatic heterocycles. The Balaban J connectivity index is 1.47. The number of hydrogen-bond donors (Lipinski definition) is 7. The highest BCUT2D eigenvalue weighted by atomic mass is 16.7. The largest absolute Gasteiger partial charge is 0.467 e. The van der Waals surface area contributed by atoms with Crippen LogP contribution in [0.15, 0.2) is 23.5 Å². The lowest BCUT2D eigenvalue weighted by Crippen LogP contribution is -2.79. The fraction of sp³-hybridized carbons (Fsp3) is 0.765. The first-order chi connectivity index (χ1) is 23.7. The molecular weight excluding hydrogens is 680 g/mol. The summed E-state index contributed by atoms with van der Waals surface area (Å²) in [5.41, 5.74) is -6.49. The molecule has 0 aromatic carbocycles. The van der Waals surface area contributed by atoms with E-state index in [2.05, 4.69) is 0 Å². The van der Waals surface area contributed by atoms with Crippen LogP contribution < -0.4 is 0 Å². The van der Waals surface area contributed by atoms with Gasteiger partial charge < -0.3 is 64.2 Å². The lowest BCUT2D eigenvalue weighted by atomic mass is 9.38. The van der Waals surface area contributed by atoms with Gasteiger partial charge in [-0.2, -0.15) is 0 Å². The molecule has 6 aliphatic rings. The molecule has 3 aliphatic heterocycles. The Morgan fingerprint density at radius 3 is 2.33 bits per heavy atom. The molecule has 17 nitrogen and oxygen atoms in total. The van der Waals surface area contributed by atoms with Crippen molar-refractivity contribution in [2.45, 2.75) is 107 Å². The van der Waals surface area contributed by atoms with Crippen LogP contribution in [0.5, 0.6) is 0 Å². The molecule has 17 heteroatoms. The third kappa shape index (κ3) is 5.22. The van der Waals surface area contributed by atoms with E-state index in [9.17, 15) is 54.9 Å². The van der Waals surface area contributed by atoms with Crippen molar-refractivity contribution in [3.63, 3.8) is 0 Å². The van der Waals surface area contributed by atoms with Crippen molar-refractivity contribution in [1.82, 2.24) is 0 Å². The first-order valence-electron chi connectivity index (χ1n) is 16.9. The maximum Gasteiger partial charge on any atom is 0.348 e. The molecule has 0 radical (unpaired) electrons. The smallest absolute Gasteiger partial charge is 0.348 e. The van der Waals surface area contributed by atoms with E-state index in [4.69, 9.17) is 28.4 Å². The maximum atomic E-state index is 13.8. The molecule has 6 rings (SSSR count). The van der Waals surface area contributed by atoms with Crippen molar-refractivity contribution in [1.29, 1.82) is 0 Å². The molecule has 2 bridgehead atoms. The Labute approximate surface area is 292 Å². The molecule has 7 N–H and O–H groups in total. The summed E-state index contributed by atoms with van der Waals surface area (Å²) in [6.45, 7) is 6.50. The van der Waals surface area contributed by atoms with Crippen LogP contribution in [0.3, 0.4) is 0 Å². The quantitative estimate of drug-likeness (QED) is 0.0804. The van der Waals surface area contributed by atoms with E-state index in [1.807, 2.05) is 0 Å². The van der Waals surface area contributed by atoms with Gasteiger partial charge in [-0.15, -0.1) is 0 Å². The van der Waals surface area contributed by atoms with E-state index in [1.165, 1.54) is 26.8 Å². The number of Topliss-reactive ketones (excluding diaryl/α,β-unsaturated/α-hetero) is 1. The first-order valence-corrected chi connectivity index (χ1v) is 16.9. The molecule has 2 saturated carbocycles. The van der Waals surface area contributed by atoms with Gasteiger partial charge in [0.25, 0.3) is 0 Å². The van der Waals surface area contributed by atoms with Gasteiger partial charge in [0, 0.05) is 23.3 Å². The predicted molar refractivity (Wildman–Crippen MR) is 165 cm³/mol. The third-order valence-electron chi connectivity index (χ3n) is 12.5. The fourth-order valence-corrected chi connectivity index (χ4v) is 9.69. The zero-order chi connectivity index (χ0) is 37.7. The van der Waals surface area contributed by atoms with E-state index >= 15 is 0 Å². The average Bonchev–Trinajstić information content (AvgIpc) is 3.37. The summed E-state index contributed by atoms with van der Waals surface area (Å²) in [6.07, 6.45) is -12.8. The minimum absolute atomic E-state index is 0.00772. The molecule has 284 valence electrons. The first kappa shape index (κ1) is 37.7. The van der Waals surface area contributed by atoms with Gasteiger partial charge in [-0.05, 0) is 50.2 Å². The molecule has 16 atom stereocenters. The molecule has 0 amide bonds. The Morgan fingerprint density at radius 2 is 1.73 bits per heavy atom. The van der Waals surface area contributed by atoms with Crippen molar-refractivity contribution < 1.29 is 83.3 Å². The molecule has 16 unspecified atom stereocenters. The van der Waals surface area contributed by atoms with Crippen molar-refractivity contribution >= 4 is 23.7 Å². The summed E-state index contributed by atoms with van der Waals surface area (Å²) in [5.74, 6) is -8.35. The highest BCUT2D eigenvalue weighted by molar-refractivity contribution is 5.97. The van der Waals surface area contributed by atoms with Crippen LogP contribution in [-0.4, -0.2) is 146 Å². The van der Waals surface area contributed by atoms with Gasteiger partial charge in [0.15, 0.2) is 11.5 Å². The molecule has 51 heavy (non-hydrogen) atoms. The summed E-state index contributed by atoms with van der Waals surface area (Å²) in [5, 5.41) is 75.2. The summed E-state index contributed by atoms with van der Waals surface area (Å²) in [7, 11) is 1.03. The Hall–Kier alpha value is -3.00. The van der Waals surface area contributed by atoms with E-state index in [-0.39, 0.29) is 24.4 Å². The maximum absolute atomic E-state index is 13.8. The van der Waals surface area contributed by atoms with Crippen LogP contribution in [0, 0.1) is 34.5 Å². The molecule has 3 saturated heterocycles. The van der Waals surface area contributed by atoms with Crippen LogP contribution in [0.1, 0.15) is 41.0 Å². The van der Waals surface area contributed by atoms with Crippen LogP contribution in [-0.2, 0) is 47.6 Å². The summed E-state index contributed by atoms with van der Waals surface area (Å²) in [4.78, 5) is 54.5. The standard InChI is InChI=1S/C34H46O17/c1-12(31(3,4)45)7-18(36)51-24-26-33-11-47-34(26,30(44)46-6)27(42)23(41)25(33)32(5)9-15(19(37)13(2)14(32)8-17(33)50-28(24)43)48-29-22(40)21(39)20(38)16(10-35)49-29/h7,9,13-14,16-17,20-27,29,35,38-42,45H,8,10-11H2,1-6H3. The number of ether oxygens (including phenoxy) is 6. The number of hydrogen-bond acceptors (Lipinski definition) is 17. The normalized spacial score (nSPS) is 47.7. The van der Waals surface area contributed by atoms with Gasteiger partial charge >= 0.3 is 17.9 Å². The average molecular weight is 727 g/mol. The summed E-state index contributed by atoms with van der Waals surface area (Å²) in [6, 6.07) is 0. The van der Waals surface area contributed by atoms with E-state index in [0.717, 1.165) is 13.2 Å². The summed E-state index contributed by atoms with van der Waals surface area (Å²) >= 11 is 0. The topological polar surface area (TPSA) is 265 Å². The number of rotatable bonds is 7. The predicted octanol–water partition coefficient (Wildman–Crippen LogP) is -2.62. The number of aliphatic hydroxyl groups is 7. The van der Waals surface area contributed by atoms with Crippen molar-refractivity contribution in [2.75, 3.05) is 20.3 Å². The van der Waals surface area contributed by atoms with E-state index < -0.39 is 131 Å². The van der Waals surface area contributed by atoms with Crippen LogP contribution >= 0.6 is 0 Å². The van der Waals surface area contributed by atoms with Gasteiger partial charge in [0.1, 0.15) is 36.6 Å². The van der Waals surface area contributed by atoms with Gasteiger partial charge in [-0.3, -0.25) is 4.79 Å². The van der Waals surface area contributed by atoms with E-state index in [0.29, 0.717) is 0 Å². The second-order valence-electron chi connectivity index (χ2n) is 15.4. The Morgan fingerprint density at radius 1 is 1.06 bits per heavy atom. The minimum atomic E-state index is -2.40. The number of aliphatic hydroxyl groups excluding tert-OH is 6. The monoisotopic (exact) mass is 726 g/mol. The zero-order valence-electron chi connectivity index (χ0n) is 29.0. The SMILES string of the molecule is COC(=O)C12OCC34C(CC5C(C)C(=O)C(OC6OC(CO)C(O)C(O)C6O)=CC5(C)C3C(O)C1O)OC(=O)C(OC(=O)C=C(C)C(C)(C)O)C24. The van der Waals surface area contributed by atoms with Crippen molar-refractivity contribution in [3.05, 3.63) is 23.5 Å². The number of carbonyl (C=O) groups is 4. The lowest BCUT2D eigenvalue weighted by Gasteiger charge is -2.67. The van der Waals surface area contributed by atoms with Crippen LogP contribution in [0.25, 0.3) is 0 Å². The molecule has 0 aromatic rings. The van der Waals surface area contributed by atoms with Gasteiger partial charge in [0.2, 0.25) is 18.0 Å². The highest BCUT2D eigenvalue weighted by Gasteiger charge is 2.85. The van der Waals surface area contributed by atoms with Crippen LogP contribution in [0.2, 0.25) is 0 Å². The molecule has 3 aliphatic carbocycles. The fourth-order valence-electron chi connectivity index (χ4n) is 9.69. The highest BCUT2D eigenvalue weighted by Crippen LogP contribution is 2.72.